The third kappa shape index (κ3) is 4.28. The number of likely N-dealkylation sites (tertiary alicyclic amines) is 1. The number of piperidine rings is 1. The Morgan fingerprint density at radius 1 is 1.41 bits per heavy atom. The number of likely N-dealkylation sites (N-methyl/N-ethyl adjacent to an activating group) is 1. The Bertz CT molecular complexity index is 248. The second-order valence-electron chi connectivity index (χ2n) is 5.71. The number of carboxylic acids is 1. The lowest BCUT2D eigenvalue weighted by Gasteiger charge is -2.34. The molecule has 4 nitrogen and oxygen atoms in total. The molecule has 1 heterocycles. The number of nitrogens with zero attached hydrogens (tertiary/aromatic N) is 2. The first-order chi connectivity index (χ1) is 7.91. The molecule has 4 heteroatoms. The molecule has 0 saturated carbocycles. The summed E-state index contributed by atoms with van der Waals surface area (Å²) in [4.78, 5) is 15.6. The van der Waals surface area contributed by atoms with Gasteiger partial charge in [-0.1, -0.05) is 13.8 Å². The van der Waals surface area contributed by atoms with Gasteiger partial charge in [0.15, 0.2) is 0 Å². The maximum absolute atomic E-state index is 11.2. The highest BCUT2D eigenvalue weighted by Crippen LogP contribution is 2.19. The van der Waals surface area contributed by atoms with Crippen LogP contribution in [0.1, 0.15) is 26.7 Å². The molecule has 1 rings (SSSR count). The van der Waals surface area contributed by atoms with Crippen LogP contribution in [0.5, 0.6) is 0 Å². The van der Waals surface area contributed by atoms with Gasteiger partial charge >= 0.3 is 5.97 Å². The summed E-state index contributed by atoms with van der Waals surface area (Å²) >= 11 is 0. The van der Waals surface area contributed by atoms with Crippen LogP contribution in [-0.4, -0.2) is 60.6 Å². The van der Waals surface area contributed by atoms with Gasteiger partial charge < -0.3 is 10.0 Å². The van der Waals surface area contributed by atoms with Gasteiger partial charge in [0.05, 0.1) is 0 Å². The number of hydrogen-bond acceptors (Lipinski definition) is 3. The van der Waals surface area contributed by atoms with Crippen LogP contribution in [0.4, 0.5) is 0 Å². The molecule has 0 aliphatic carbocycles. The van der Waals surface area contributed by atoms with Crippen molar-refractivity contribution in [3.63, 3.8) is 0 Å². The summed E-state index contributed by atoms with van der Waals surface area (Å²) in [5.74, 6) is 0.107. The zero-order chi connectivity index (χ0) is 13.0. The molecule has 0 aromatic rings. The van der Waals surface area contributed by atoms with E-state index in [0.717, 1.165) is 19.6 Å². The molecule has 1 N–H and O–H groups in total. The van der Waals surface area contributed by atoms with E-state index in [-0.39, 0.29) is 12.0 Å². The number of rotatable bonds is 5. The van der Waals surface area contributed by atoms with Gasteiger partial charge in [-0.05, 0) is 51.9 Å². The van der Waals surface area contributed by atoms with E-state index in [2.05, 4.69) is 11.9 Å². The van der Waals surface area contributed by atoms with E-state index >= 15 is 0 Å². The van der Waals surface area contributed by atoms with Gasteiger partial charge in [0.25, 0.3) is 0 Å². The molecular formula is C13H26N2O2. The van der Waals surface area contributed by atoms with Crippen LogP contribution in [-0.2, 0) is 4.79 Å². The second kappa shape index (κ2) is 6.36. The fraction of sp³-hybridized carbons (Fsp3) is 0.923. The van der Waals surface area contributed by atoms with Crippen molar-refractivity contribution in [1.82, 2.24) is 9.80 Å². The smallest absolute Gasteiger partial charge is 0.321 e. The van der Waals surface area contributed by atoms with E-state index in [1.807, 2.05) is 25.8 Å². The van der Waals surface area contributed by atoms with E-state index in [1.54, 1.807) is 0 Å². The predicted octanol–water partition coefficient (Wildman–Crippen LogP) is 1.37. The van der Waals surface area contributed by atoms with Gasteiger partial charge in [0, 0.05) is 6.54 Å². The maximum atomic E-state index is 11.2. The van der Waals surface area contributed by atoms with Crippen LogP contribution >= 0.6 is 0 Å². The molecule has 1 saturated heterocycles. The fourth-order valence-electron chi connectivity index (χ4n) is 2.75. The number of hydrogen-bond donors (Lipinski definition) is 1. The van der Waals surface area contributed by atoms with Gasteiger partial charge in [0.2, 0.25) is 0 Å². The van der Waals surface area contributed by atoms with Crippen LogP contribution < -0.4 is 0 Å². The molecule has 0 amide bonds. The second-order valence-corrected chi connectivity index (χ2v) is 5.71. The highest BCUT2D eigenvalue weighted by molar-refractivity contribution is 5.73. The van der Waals surface area contributed by atoms with Crippen molar-refractivity contribution in [3.8, 4) is 0 Å². The molecule has 1 atom stereocenters. The Balaban J connectivity index is 2.46. The van der Waals surface area contributed by atoms with Crippen molar-refractivity contribution < 1.29 is 9.90 Å². The van der Waals surface area contributed by atoms with Crippen molar-refractivity contribution in [1.29, 1.82) is 0 Å². The van der Waals surface area contributed by atoms with Crippen LogP contribution in [0.25, 0.3) is 0 Å². The van der Waals surface area contributed by atoms with Crippen LogP contribution in [0.15, 0.2) is 0 Å². The topological polar surface area (TPSA) is 43.8 Å². The molecule has 0 aromatic carbocycles. The largest absolute Gasteiger partial charge is 0.480 e. The predicted molar refractivity (Wildman–Crippen MR) is 69.1 cm³/mol. The van der Waals surface area contributed by atoms with E-state index < -0.39 is 5.97 Å². The average molecular weight is 242 g/mol. The monoisotopic (exact) mass is 242 g/mol. The summed E-state index contributed by atoms with van der Waals surface area (Å²) in [6.07, 6.45) is 2.37. The molecule has 17 heavy (non-hydrogen) atoms. The zero-order valence-corrected chi connectivity index (χ0v) is 11.5. The minimum Gasteiger partial charge on any atom is -0.480 e. The average Bonchev–Trinajstić information content (AvgIpc) is 2.20. The molecule has 1 fully saturated rings. The molecule has 100 valence electrons. The minimum absolute atomic E-state index is 0.156. The minimum atomic E-state index is -0.699. The lowest BCUT2D eigenvalue weighted by Crippen LogP contribution is -2.46. The van der Waals surface area contributed by atoms with E-state index in [0.29, 0.717) is 5.92 Å². The first-order valence-corrected chi connectivity index (χ1v) is 6.53. The lowest BCUT2D eigenvalue weighted by molar-refractivity contribution is -0.144. The molecule has 0 spiro atoms. The Labute approximate surface area is 105 Å². The Morgan fingerprint density at radius 3 is 2.35 bits per heavy atom. The summed E-state index contributed by atoms with van der Waals surface area (Å²) in [6, 6.07) is -0.352. The van der Waals surface area contributed by atoms with E-state index in [9.17, 15) is 9.90 Å². The first kappa shape index (κ1) is 14.5. The number of aliphatic carboxylic acids is 1. The number of carboxylic acid groups (broad SMARTS) is 1. The molecule has 0 bridgehead atoms. The highest BCUT2D eigenvalue weighted by Gasteiger charge is 2.28. The third-order valence-corrected chi connectivity index (χ3v) is 3.74. The van der Waals surface area contributed by atoms with Gasteiger partial charge in [0.1, 0.15) is 6.04 Å². The molecule has 1 unspecified atom stereocenters. The Kier molecular flexibility index (Phi) is 5.40. The SMILES string of the molecule is CC(C)C(C(=O)O)N(C)CC1CCN(C)CC1. The molecule has 1 aliphatic rings. The normalized spacial score (nSPS) is 21.1. The Hall–Kier alpha value is -0.610. The van der Waals surface area contributed by atoms with Crippen molar-refractivity contribution in [3.05, 3.63) is 0 Å². The summed E-state index contributed by atoms with van der Waals surface area (Å²) in [6.45, 7) is 7.13. The summed E-state index contributed by atoms with van der Waals surface area (Å²) < 4.78 is 0. The molecule has 1 aliphatic heterocycles. The van der Waals surface area contributed by atoms with Gasteiger partial charge in [-0.15, -0.1) is 0 Å². The standard InChI is InChI=1S/C13H26N2O2/c1-10(2)12(13(16)17)15(4)9-11-5-7-14(3)8-6-11/h10-12H,5-9H2,1-4H3,(H,16,17). The van der Waals surface area contributed by atoms with Gasteiger partial charge in [-0.2, -0.15) is 0 Å². The van der Waals surface area contributed by atoms with Crippen molar-refractivity contribution in [2.45, 2.75) is 32.7 Å². The summed E-state index contributed by atoms with van der Waals surface area (Å²) in [7, 11) is 4.09. The molecular weight excluding hydrogens is 216 g/mol. The first-order valence-electron chi connectivity index (χ1n) is 6.53. The lowest BCUT2D eigenvalue weighted by atomic mass is 9.94. The van der Waals surface area contributed by atoms with E-state index in [4.69, 9.17) is 0 Å². The van der Waals surface area contributed by atoms with Crippen molar-refractivity contribution in [2.24, 2.45) is 11.8 Å². The fourth-order valence-corrected chi connectivity index (χ4v) is 2.75. The Morgan fingerprint density at radius 2 is 1.94 bits per heavy atom. The summed E-state index contributed by atoms with van der Waals surface area (Å²) in [5, 5.41) is 9.24. The number of carbonyl (C=O) groups is 1. The zero-order valence-electron chi connectivity index (χ0n) is 11.5. The van der Waals surface area contributed by atoms with Crippen molar-refractivity contribution in [2.75, 3.05) is 33.7 Å². The quantitative estimate of drug-likeness (QED) is 0.791. The van der Waals surface area contributed by atoms with Crippen LogP contribution in [0.3, 0.4) is 0 Å². The van der Waals surface area contributed by atoms with E-state index in [1.165, 1.54) is 12.8 Å². The van der Waals surface area contributed by atoms with Crippen LogP contribution in [0, 0.1) is 11.8 Å². The summed E-state index contributed by atoms with van der Waals surface area (Å²) in [5.41, 5.74) is 0. The molecule has 0 radical (unpaired) electrons. The van der Waals surface area contributed by atoms with Gasteiger partial charge in [-0.25, -0.2) is 0 Å². The van der Waals surface area contributed by atoms with Gasteiger partial charge in [-0.3, -0.25) is 9.69 Å². The third-order valence-electron chi connectivity index (χ3n) is 3.74. The maximum Gasteiger partial charge on any atom is 0.321 e. The van der Waals surface area contributed by atoms with Crippen LogP contribution in [0.2, 0.25) is 0 Å². The van der Waals surface area contributed by atoms with Crippen molar-refractivity contribution >= 4 is 5.97 Å². The molecule has 0 aromatic heterocycles. The highest BCUT2D eigenvalue weighted by atomic mass is 16.4.